The van der Waals surface area contributed by atoms with E-state index in [9.17, 15) is 0 Å². The second kappa shape index (κ2) is 6.06. The number of halogens is 2. The van der Waals surface area contributed by atoms with E-state index in [4.69, 9.17) is 27.9 Å². The van der Waals surface area contributed by atoms with Crippen LogP contribution in [0.5, 0.6) is 0 Å². The molecule has 0 bridgehead atoms. The van der Waals surface area contributed by atoms with E-state index < -0.39 is 8.07 Å². The summed E-state index contributed by atoms with van der Waals surface area (Å²) < 4.78 is 5.62. The summed E-state index contributed by atoms with van der Waals surface area (Å²) in [5, 5.41) is 1.36. The fourth-order valence-electron chi connectivity index (χ4n) is 1.22. The van der Waals surface area contributed by atoms with Gasteiger partial charge in [0.1, 0.15) is 0 Å². The summed E-state index contributed by atoms with van der Waals surface area (Å²) in [5.41, 5.74) is 0.890. The van der Waals surface area contributed by atoms with E-state index >= 15 is 0 Å². The van der Waals surface area contributed by atoms with Gasteiger partial charge in [-0.05, 0) is 18.2 Å². The van der Waals surface area contributed by atoms with Gasteiger partial charge in [-0.15, -0.1) is 0 Å². The summed E-state index contributed by atoms with van der Waals surface area (Å²) in [6.07, 6.45) is 0. The van der Waals surface area contributed by atoms with Gasteiger partial charge in [0.05, 0.1) is 6.61 Å². The maximum Gasteiger partial charge on any atom is 0.0745 e. The summed E-state index contributed by atoms with van der Waals surface area (Å²) >= 11 is 12.1. The Balaban J connectivity index is 2.43. The molecule has 0 aromatic heterocycles. The predicted molar refractivity (Wildman–Crippen MR) is 74.3 cm³/mol. The van der Waals surface area contributed by atoms with E-state index in [-0.39, 0.29) is 0 Å². The molecular weight excluding hydrogens is 259 g/mol. The monoisotopic (exact) mass is 276 g/mol. The minimum absolute atomic E-state index is 0.503. The minimum Gasteiger partial charge on any atom is -0.377 e. The second-order valence-electron chi connectivity index (χ2n) is 5.06. The van der Waals surface area contributed by atoms with E-state index in [2.05, 4.69) is 19.6 Å². The van der Waals surface area contributed by atoms with Crippen molar-refractivity contribution >= 4 is 31.3 Å². The lowest BCUT2D eigenvalue weighted by molar-refractivity contribution is 0.133. The van der Waals surface area contributed by atoms with Gasteiger partial charge in [0.25, 0.3) is 0 Å². The minimum atomic E-state index is -1.01. The van der Waals surface area contributed by atoms with Crippen LogP contribution in [0.2, 0.25) is 35.7 Å². The molecule has 0 N–H and O–H groups in total. The first kappa shape index (κ1) is 14.0. The number of hydrogen-bond acceptors (Lipinski definition) is 1. The predicted octanol–water partition coefficient (Wildman–Crippen LogP) is 4.85. The van der Waals surface area contributed by atoms with Crippen LogP contribution >= 0.6 is 23.2 Å². The van der Waals surface area contributed by atoms with Crippen molar-refractivity contribution < 1.29 is 4.74 Å². The maximum atomic E-state index is 6.04. The molecule has 0 aliphatic rings. The fourth-order valence-corrected chi connectivity index (χ4v) is 2.49. The third-order valence-electron chi connectivity index (χ3n) is 2.30. The molecule has 0 aliphatic carbocycles. The second-order valence-corrected chi connectivity index (χ2v) is 11.5. The Kier molecular flexibility index (Phi) is 5.32. The largest absolute Gasteiger partial charge is 0.377 e. The Morgan fingerprint density at radius 1 is 1.12 bits per heavy atom. The molecule has 0 saturated heterocycles. The van der Waals surface area contributed by atoms with Crippen LogP contribution in [0, 0.1) is 0 Å². The van der Waals surface area contributed by atoms with Crippen LogP contribution in [0.3, 0.4) is 0 Å². The third-order valence-corrected chi connectivity index (χ3v) is 4.72. The Morgan fingerprint density at radius 2 is 1.69 bits per heavy atom. The molecule has 0 saturated carbocycles. The van der Waals surface area contributed by atoms with Crippen LogP contribution in [0.15, 0.2) is 18.2 Å². The zero-order chi connectivity index (χ0) is 12.2. The van der Waals surface area contributed by atoms with Crippen molar-refractivity contribution in [3.05, 3.63) is 33.8 Å². The molecule has 16 heavy (non-hydrogen) atoms. The van der Waals surface area contributed by atoms with Gasteiger partial charge in [-0.25, -0.2) is 0 Å². The molecule has 1 rings (SSSR count). The van der Waals surface area contributed by atoms with Crippen molar-refractivity contribution in [1.29, 1.82) is 0 Å². The van der Waals surface area contributed by atoms with Gasteiger partial charge in [-0.3, -0.25) is 0 Å². The first-order chi connectivity index (χ1) is 7.40. The molecule has 0 unspecified atom stereocenters. The van der Waals surface area contributed by atoms with E-state index in [1.807, 2.05) is 18.2 Å². The van der Waals surface area contributed by atoms with Crippen molar-refractivity contribution in [3.8, 4) is 0 Å². The van der Waals surface area contributed by atoms with Gasteiger partial charge in [0.2, 0.25) is 0 Å². The van der Waals surface area contributed by atoms with Crippen molar-refractivity contribution in [2.75, 3.05) is 6.61 Å². The molecule has 0 fully saturated rings. The first-order valence-electron chi connectivity index (χ1n) is 5.41. The lowest BCUT2D eigenvalue weighted by Gasteiger charge is -2.15. The standard InChI is InChI=1S/C12H18Cl2OSi/c1-16(2,3)8-7-15-9-10-11(13)5-4-6-12(10)14/h4-6H,7-9H2,1-3H3. The van der Waals surface area contributed by atoms with Crippen LogP contribution < -0.4 is 0 Å². The molecule has 90 valence electrons. The van der Waals surface area contributed by atoms with Gasteiger partial charge in [-0.1, -0.05) is 48.9 Å². The van der Waals surface area contributed by atoms with Crippen molar-refractivity contribution in [3.63, 3.8) is 0 Å². The Morgan fingerprint density at radius 3 is 2.19 bits per heavy atom. The summed E-state index contributed by atoms with van der Waals surface area (Å²) in [4.78, 5) is 0. The molecule has 0 aliphatic heterocycles. The fraction of sp³-hybridized carbons (Fsp3) is 0.500. The van der Waals surface area contributed by atoms with E-state index in [1.54, 1.807) is 0 Å². The van der Waals surface area contributed by atoms with Gasteiger partial charge in [0, 0.05) is 30.3 Å². The van der Waals surface area contributed by atoms with Gasteiger partial charge < -0.3 is 4.74 Å². The smallest absolute Gasteiger partial charge is 0.0745 e. The molecule has 1 aromatic carbocycles. The zero-order valence-corrected chi connectivity index (χ0v) is 12.5. The van der Waals surface area contributed by atoms with Crippen LogP contribution in [0.4, 0.5) is 0 Å². The SMILES string of the molecule is C[Si](C)(C)CCOCc1c(Cl)cccc1Cl. The highest BCUT2D eigenvalue weighted by molar-refractivity contribution is 6.76. The summed E-state index contributed by atoms with van der Waals surface area (Å²) in [6, 6.07) is 6.68. The molecule has 0 amide bonds. The third kappa shape index (κ3) is 4.87. The number of ether oxygens (including phenoxy) is 1. The van der Waals surface area contributed by atoms with Crippen molar-refractivity contribution in [2.45, 2.75) is 32.3 Å². The Labute approximate surface area is 109 Å². The highest BCUT2D eigenvalue weighted by Gasteiger charge is 2.12. The zero-order valence-electron chi connectivity index (χ0n) is 10.0. The molecular formula is C12H18Cl2OSi. The average molecular weight is 277 g/mol. The number of hydrogen-bond donors (Lipinski definition) is 0. The summed E-state index contributed by atoms with van der Waals surface area (Å²) in [6.45, 7) is 8.29. The average Bonchev–Trinajstić information content (AvgIpc) is 2.14. The quantitative estimate of drug-likeness (QED) is 0.552. The van der Waals surface area contributed by atoms with Gasteiger partial charge in [-0.2, -0.15) is 0 Å². The van der Waals surface area contributed by atoms with Crippen LogP contribution in [-0.2, 0) is 11.3 Å². The summed E-state index contributed by atoms with van der Waals surface area (Å²) in [5.74, 6) is 0. The number of benzene rings is 1. The molecule has 1 nitrogen and oxygen atoms in total. The van der Waals surface area contributed by atoms with Crippen molar-refractivity contribution in [2.24, 2.45) is 0 Å². The highest BCUT2D eigenvalue weighted by Crippen LogP contribution is 2.25. The van der Waals surface area contributed by atoms with E-state index in [0.29, 0.717) is 16.7 Å². The molecule has 0 spiro atoms. The molecule has 4 heteroatoms. The molecule has 0 atom stereocenters. The van der Waals surface area contributed by atoms with E-state index in [1.165, 1.54) is 0 Å². The summed E-state index contributed by atoms with van der Waals surface area (Å²) in [7, 11) is -1.01. The Bertz CT molecular complexity index is 327. The van der Waals surface area contributed by atoms with Crippen molar-refractivity contribution in [1.82, 2.24) is 0 Å². The molecule has 0 heterocycles. The van der Waals surface area contributed by atoms with Crippen LogP contribution in [-0.4, -0.2) is 14.7 Å². The van der Waals surface area contributed by atoms with E-state index in [0.717, 1.165) is 18.2 Å². The number of rotatable bonds is 5. The van der Waals surface area contributed by atoms with Gasteiger partial charge in [0.15, 0.2) is 0 Å². The first-order valence-corrected chi connectivity index (χ1v) is 9.87. The van der Waals surface area contributed by atoms with Crippen LogP contribution in [0.1, 0.15) is 5.56 Å². The highest BCUT2D eigenvalue weighted by atomic mass is 35.5. The van der Waals surface area contributed by atoms with Crippen LogP contribution in [0.25, 0.3) is 0 Å². The maximum absolute atomic E-state index is 6.04. The normalized spacial score (nSPS) is 11.8. The molecule has 1 aromatic rings. The topological polar surface area (TPSA) is 9.23 Å². The Hall–Kier alpha value is -0.0231. The molecule has 0 radical (unpaired) electrons. The lowest BCUT2D eigenvalue weighted by Crippen LogP contribution is -2.21. The lowest BCUT2D eigenvalue weighted by atomic mass is 10.2. The van der Waals surface area contributed by atoms with Gasteiger partial charge >= 0.3 is 0 Å².